The first kappa shape index (κ1) is 12.5. The lowest BCUT2D eigenvalue weighted by molar-refractivity contribution is 0.410. The van der Waals surface area contributed by atoms with Crippen LogP contribution in [-0.4, -0.2) is 12.1 Å². The Morgan fingerprint density at radius 3 is 2.82 bits per heavy atom. The molecule has 17 heavy (non-hydrogen) atoms. The molecule has 0 radical (unpaired) electrons. The van der Waals surface area contributed by atoms with E-state index in [0.717, 1.165) is 28.4 Å². The van der Waals surface area contributed by atoms with E-state index in [4.69, 9.17) is 4.74 Å². The van der Waals surface area contributed by atoms with Crippen molar-refractivity contribution in [3.05, 3.63) is 34.8 Å². The average molecular weight is 265 g/mol. The summed E-state index contributed by atoms with van der Waals surface area (Å²) < 4.78 is 5.32. The number of hydrogen-bond donors (Lipinski definition) is 1. The van der Waals surface area contributed by atoms with Crippen molar-refractivity contribution < 1.29 is 4.74 Å². The molecule has 0 atom stereocenters. The van der Waals surface area contributed by atoms with Gasteiger partial charge in [0, 0.05) is 16.7 Å². The Kier molecular flexibility index (Phi) is 4.07. The highest BCUT2D eigenvalue weighted by Crippen LogP contribution is 2.29. The summed E-state index contributed by atoms with van der Waals surface area (Å²) in [6.45, 7) is 2.13. The molecule has 4 heteroatoms. The molecule has 0 bridgehead atoms. The van der Waals surface area contributed by atoms with Crippen molar-refractivity contribution >= 4 is 24.0 Å². The van der Waals surface area contributed by atoms with Crippen LogP contribution in [0.1, 0.15) is 18.2 Å². The average Bonchev–Trinajstić information content (AvgIpc) is 2.86. The molecule has 0 saturated carbocycles. The molecular formula is C13H15NOS2. The van der Waals surface area contributed by atoms with Gasteiger partial charge < -0.3 is 4.74 Å². The Hall–Kier alpha value is -1.00. The first-order chi connectivity index (χ1) is 8.28. The van der Waals surface area contributed by atoms with Crippen LogP contribution in [0.4, 0.5) is 0 Å². The molecule has 1 aromatic heterocycles. The van der Waals surface area contributed by atoms with Gasteiger partial charge in [0.05, 0.1) is 12.8 Å². The van der Waals surface area contributed by atoms with Crippen molar-refractivity contribution in [3.63, 3.8) is 0 Å². The number of thiol groups is 1. The normalized spacial score (nSPS) is 10.5. The Balaban J connectivity index is 2.38. The van der Waals surface area contributed by atoms with Crippen molar-refractivity contribution in [2.75, 3.05) is 7.11 Å². The summed E-state index contributed by atoms with van der Waals surface area (Å²) in [5.74, 6) is 1.63. The number of methoxy groups -OCH3 is 1. The second kappa shape index (κ2) is 5.56. The largest absolute Gasteiger partial charge is 0.496 e. The fourth-order valence-electron chi connectivity index (χ4n) is 1.70. The van der Waals surface area contributed by atoms with Gasteiger partial charge in [-0.2, -0.15) is 12.6 Å². The fourth-order valence-corrected chi connectivity index (χ4v) is 2.80. The van der Waals surface area contributed by atoms with Gasteiger partial charge in [0.15, 0.2) is 0 Å². The molecule has 0 amide bonds. The van der Waals surface area contributed by atoms with E-state index in [1.165, 1.54) is 5.56 Å². The molecule has 1 aromatic carbocycles. The van der Waals surface area contributed by atoms with Crippen molar-refractivity contribution in [1.29, 1.82) is 0 Å². The van der Waals surface area contributed by atoms with Crippen LogP contribution < -0.4 is 4.74 Å². The van der Waals surface area contributed by atoms with Crippen LogP contribution in [0.15, 0.2) is 23.6 Å². The van der Waals surface area contributed by atoms with Gasteiger partial charge in [-0.25, -0.2) is 4.98 Å². The second-order valence-corrected chi connectivity index (χ2v) is 4.86. The van der Waals surface area contributed by atoms with Crippen LogP contribution in [0, 0.1) is 0 Å². The van der Waals surface area contributed by atoms with Crippen LogP contribution >= 0.6 is 24.0 Å². The van der Waals surface area contributed by atoms with Gasteiger partial charge in [0.1, 0.15) is 10.8 Å². The zero-order valence-electron chi connectivity index (χ0n) is 9.93. The van der Waals surface area contributed by atoms with Gasteiger partial charge in [0.2, 0.25) is 0 Å². The van der Waals surface area contributed by atoms with E-state index in [9.17, 15) is 0 Å². The van der Waals surface area contributed by atoms with Crippen molar-refractivity contribution in [3.8, 4) is 16.3 Å². The molecule has 0 unspecified atom stereocenters. The molecule has 2 aromatic rings. The lowest BCUT2D eigenvalue weighted by Crippen LogP contribution is -1.91. The number of ether oxygens (including phenoxy) is 1. The maximum Gasteiger partial charge on any atom is 0.123 e. The van der Waals surface area contributed by atoms with Crippen molar-refractivity contribution in [2.45, 2.75) is 19.1 Å². The van der Waals surface area contributed by atoms with E-state index in [-0.39, 0.29) is 0 Å². The van der Waals surface area contributed by atoms with Gasteiger partial charge in [-0.15, -0.1) is 11.3 Å². The summed E-state index contributed by atoms with van der Waals surface area (Å²) in [6.07, 6.45) is 0.960. The Morgan fingerprint density at radius 1 is 1.41 bits per heavy atom. The van der Waals surface area contributed by atoms with Gasteiger partial charge >= 0.3 is 0 Å². The maximum atomic E-state index is 5.32. The summed E-state index contributed by atoms with van der Waals surface area (Å²) in [4.78, 5) is 4.53. The minimum atomic E-state index is 0.688. The van der Waals surface area contributed by atoms with Crippen LogP contribution in [0.25, 0.3) is 10.6 Å². The highest BCUT2D eigenvalue weighted by atomic mass is 32.1. The number of hydrogen-bond acceptors (Lipinski definition) is 4. The van der Waals surface area contributed by atoms with Crippen LogP contribution in [-0.2, 0) is 12.2 Å². The van der Waals surface area contributed by atoms with Gasteiger partial charge in [-0.05, 0) is 30.2 Å². The molecule has 0 spiro atoms. The lowest BCUT2D eigenvalue weighted by atomic mass is 10.1. The van der Waals surface area contributed by atoms with Crippen molar-refractivity contribution in [2.24, 2.45) is 0 Å². The second-order valence-electron chi connectivity index (χ2n) is 3.68. The molecule has 0 saturated heterocycles. The van der Waals surface area contributed by atoms with E-state index >= 15 is 0 Å². The summed E-state index contributed by atoms with van der Waals surface area (Å²) in [6, 6.07) is 6.22. The molecule has 0 aliphatic rings. The fraction of sp³-hybridized carbons (Fsp3) is 0.308. The molecule has 0 N–H and O–H groups in total. The quantitative estimate of drug-likeness (QED) is 0.849. The third-order valence-corrected chi connectivity index (χ3v) is 3.89. The van der Waals surface area contributed by atoms with Gasteiger partial charge in [0.25, 0.3) is 0 Å². The molecule has 0 fully saturated rings. The van der Waals surface area contributed by atoms with E-state index in [1.54, 1.807) is 18.4 Å². The third-order valence-electron chi connectivity index (χ3n) is 2.62. The monoisotopic (exact) mass is 265 g/mol. The number of aromatic nitrogens is 1. The molecule has 0 aliphatic carbocycles. The number of aryl methyl sites for hydroxylation is 1. The van der Waals surface area contributed by atoms with Crippen LogP contribution in [0.5, 0.6) is 5.75 Å². The summed E-state index contributed by atoms with van der Waals surface area (Å²) in [7, 11) is 1.70. The van der Waals surface area contributed by atoms with E-state index in [0.29, 0.717) is 5.75 Å². The highest BCUT2D eigenvalue weighted by Gasteiger charge is 2.07. The zero-order valence-corrected chi connectivity index (χ0v) is 11.6. The van der Waals surface area contributed by atoms with Crippen molar-refractivity contribution in [1.82, 2.24) is 4.98 Å². The predicted molar refractivity (Wildman–Crippen MR) is 76.2 cm³/mol. The first-order valence-corrected chi connectivity index (χ1v) is 7.02. The lowest BCUT2D eigenvalue weighted by Gasteiger charge is -2.07. The highest BCUT2D eigenvalue weighted by molar-refractivity contribution is 7.79. The predicted octanol–water partition coefficient (Wildman–Crippen LogP) is 3.81. The number of rotatable bonds is 4. The SMILES string of the molecule is CCc1cc(-c2nc(CS)cs2)ccc1OC. The molecule has 2 nitrogen and oxygen atoms in total. The number of nitrogens with zero attached hydrogens (tertiary/aromatic N) is 1. The standard InChI is InChI=1S/C13H15NOS2/c1-3-9-6-10(4-5-12(9)15-2)13-14-11(7-16)8-17-13/h4-6,8,16H,3,7H2,1-2H3. The summed E-state index contributed by atoms with van der Waals surface area (Å²) in [5.41, 5.74) is 3.40. The third kappa shape index (κ3) is 2.64. The van der Waals surface area contributed by atoms with Crippen LogP contribution in [0.2, 0.25) is 0 Å². The minimum absolute atomic E-state index is 0.688. The van der Waals surface area contributed by atoms with E-state index in [1.807, 2.05) is 6.07 Å². The number of benzene rings is 1. The molecule has 2 rings (SSSR count). The molecule has 90 valence electrons. The minimum Gasteiger partial charge on any atom is -0.496 e. The van der Waals surface area contributed by atoms with E-state index in [2.05, 4.69) is 42.0 Å². The summed E-state index contributed by atoms with van der Waals surface area (Å²) >= 11 is 5.89. The molecule has 1 heterocycles. The Morgan fingerprint density at radius 2 is 2.24 bits per heavy atom. The topological polar surface area (TPSA) is 22.1 Å². The van der Waals surface area contributed by atoms with E-state index < -0.39 is 0 Å². The van der Waals surface area contributed by atoms with Gasteiger partial charge in [-0.1, -0.05) is 6.92 Å². The number of thiazole rings is 1. The molecule has 0 aliphatic heterocycles. The summed E-state index contributed by atoms with van der Waals surface area (Å²) in [5, 5.41) is 3.10. The van der Waals surface area contributed by atoms with Crippen LogP contribution in [0.3, 0.4) is 0 Å². The Labute approximate surface area is 111 Å². The Bertz CT molecular complexity index is 508. The molecular weight excluding hydrogens is 250 g/mol. The zero-order chi connectivity index (χ0) is 12.3. The maximum absolute atomic E-state index is 5.32. The van der Waals surface area contributed by atoms with Gasteiger partial charge in [-0.3, -0.25) is 0 Å². The first-order valence-electron chi connectivity index (χ1n) is 5.51. The smallest absolute Gasteiger partial charge is 0.123 e.